The lowest BCUT2D eigenvalue weighted by molar-refractivity contribution is -0.116. The Hall–Kier alpha value is -3.47. The van der Waals surface area contributed by atoms with Gasteiger partial charge in [0.2, 0.25) is 5.91 Å². The van der Waals surface area contributed by atoms with Gasteiger partial charge in [0.1, 0.15) is 4.88 Å². The van der Waals surface area contributed by atoms with Gasteiger partial charge in [-0.05, 0) is 19.4 Å². The summed E-state index contributed by atoms with van der Waals surface area (Å²) in [6.07, 6.45) is 2.03. The maximum Gasteiger partial charge on any atom is 0.350 e. The van der Waals surface area contributed by atoms with Crippen molar-refractivity contribution < 1.29 is 23.8 Å². The first kappa shape index (κ1) is 22.2. The largest absolute Gasteiger partial charge is 0.493 e. The molecule has 0 saturated carbocycles. The van der Waals surface area contributed by atoms with Crippen molar-refractivity contribution in [3.8, 4) is 11.5 Å². The van der Waals surface area contributed by atoms with Crippen LogP contribution in [0, 0.1) is 6.92 Å². The highest BCUT2D eigenvalue weighted by Crippen LogP contribution is 2.29. The number of nitrogens with one attached hydrogen (secondary N) is 1. The van der Waals surface area contributed by atoms with Crippen molar-refractivity contribution in [1.82, 2.24) is 14.5 Å². The molecule has 2 aromatic heterocycles. The minimum atomic E-state index is -0.493. The summed E-state index contributed by atoms with van der Waals surface area (Å²) >= 11 is 1.06. The molecular formula is C20H22N4O6S. The number of fused-ring (bicyclic) bond motifs is 1. The predicted molar refractivity (Wildman–Crippen MR) is 115 cm³/mol. The highest BCUT2D eigenvalue weighted by atomic mass is 32.1. The third-order valence-electron chi connectivity index (χ3n) is 4.55. The van der Waals surface area contributed by atoms with Crippen molar-refractivity contribution in [3.05, 3.63) is 39.4 Å². The Bertz CT molecular complexity index is 1190. The van der Waals surface area contributed by atoms with Crippen molar-refractivity contribution in [1.29, 1.82) is 0 Å². The summed E-state index contributed by atoms with van der Waals surface area (Å²) in [4.78, 5) is 45.4. The molecule has 164 valence electrons. The molecule has 0 fully saturated rings. The molecule has 0 radical (unpaired) electrons. The first-order valence-corrected chi connectivity index (χ1v) is 10.2. The fourth-order valence-corrected chi connectivity index (χ4v) is 3.87. The number of rotatable bonds is 8. The minimum absolute atomic E-state index is 0.169. The van der Waals surface area contributed by atoms with Crippen LogP contribution in [0.1, 0.15) is 28.2 Å². The summed E-state index contributed by atoms with van der Waals surface area (Å²) in [5, 5.41) is 3.40. The third kappa shape index (κ3) is 4.82. The van der Waals surface area contributed by atoms with Crippen molar-refractivity contribution in [2.45, 2.75) is 26.3 Å². The first-order valence-electron chi connectivity index (χ1n) is 9.34. The Morgan fingerprint density at radius 3 is 2.55 bits per heavy atom. The smallest absolute Gasteiger partial charge is 0.350 e. The number of ether oxygens (including phenoxy) is 3. The summed E-state index contributed by atoms with van der Waals surface area (Å²) in [7, 11) is 4.30. The highest BCUT2D eigenvalue weighted by Gasteiger charge is 2.17. The van der Waals surface area contributed by atoms with E-state index in [2.05, 4.69) is 20.0 Å². The highest BCUT2D eigenvalue weighted by molar-refractivity contribution is 7.17. The number of thiazole rings is 1. The van der Waals surface area contributed by atoms with E-state index in [-0.39, 0.29) is 17.9 Å². The van der Waals surface area contributed by atoms with Gasteiger partial charge in [-0.25, -0.2) is 14.8 Å². The fraction of sp³-hybridized carbons (Fsp3) is 0.350. The maximum absolute atomic E-state index is 12.8. The molecule has 0 aliphatic rings. The molecule has 1 aromatic carbocycles. The van der Waals surface area contributed by atoms with Gasteiger partial charge in [-0.2, -0.15) is 0 Å². The summed E-state index contributed by atoms with van der Waals surface area (Å²) in [5.41, 5.74) is 0.759. The number of aryl methyl sites for hydroxylation is 2. The maximum atomic E-state index is 12.8. The molecule has 0 unspecified atom stereocenters. The van der Waals surface area contributed by atoms with E-state index in [9.17, 15) is 14.4 Å². The van der Waals surface area contributed by atoms with Crippen LogP contribution in [0.15, 0.2) is 23.3 Å². The van der Waals surface area contributed by atoms with Gasteiger partial charge >= 0.3 is 5.97 Å². The summed E-state index contributed by atoms with van der Waals surface area (Å²) < 4.78 is 16.6. The number of benzene rings is 1. The van der Waals surface area contributed by atoms with E-state index in [0.717, 1.165) is 11.3 Å². The average Bonchev–Trinajstić information content (AvgIpc) is 3.13. The number of aromatic nitrogens is 3. The van der Waals surface area contributed by atoms with Crippen molar-refractivity contribution in [2.24, 2.45) is 0 Å². The first-order chi connectivity index (χ1) is 14.9. The molecule has 1 amide bonds. The van der Waals surface area contributed by atoms with Crippen LogP contribution >= 0.6 is 11.3 Å². The van der Waals surface area contributed by atoms with E-state index < -0.39 is 5.97 Å². The van der Waals surface area contributed by atoms with Gasteiger partial charge in [-0.15, -0.1) is 0 Å². The molecule has 31 heavy (non-hydrogen) atoms. The van der Waals surface area contributed by atoms with Crippen LogP contribution in [0.3, 0.4) is 0 Å². The molecule has 0 atom stereocenters. The van der Waals surface area contributed by atoms with Gasteiger partial charge in [0.25, 0.3) is 5.56 Å². The molecule has 0 aliphatic carbocycles. The van der Waals surface area contributed by atoms with Gasteiger partial charge in [-0.1, -0.05) is 11.3 Å². The summed E-state index contributed by atoms with van der Waals surface area (Å²) in [6.45, 7) is 1.98. The van der Waals surface area contributed by atoms with Gasteiger partial charge in [0, 0.05) is 19.0 Å². The Morgan fingerprint density at radius 2 is 1.87 bits per heavy atom. The third-order valence-corrected chi connectivity index (χ3v) is 5.60. The van der Waals surface area contributed by atoms with Crippen LogP contribution in [0.25, 0.3) is 10.9 Å². The number of methoxy groups -OCH3 is 3. The van der Waals surface area contributed by atoms with Crippen LogP contribution in [0.4, 0.5) is 5.13 Å². The number of amides is 1. The molecule has 3 rings (SSSR count). The Labute approximate surface area is 181 Å². The standard InChI is InChI=1S/C20H22N4O6S/c1-11-17(19(27)30-4)31-20(22-11)23-16(25)6-5-7-24-10-21-13-9-15(29-3)14(28-2)8-12(13)18(24)26/h8-10H,5-7H2,1-4H3,(H,22,23,25). The minimum Gasteiger partial charge on any atom is -0.493 e. The lowest BCUT2D eigenvalue weighted by atomic mass is 10.2. The Kier molecular flexibility index (Phi) is 6.85. The Balaban J connectivity index is 1.65. The molecule has 0 spiro atoms. The zero-order valence-corrected chi connectivity index (χ0v) is 18.4. The molecule has 0 aliphatic heterocycles. The molecule has 0 bridgehead atoms. The zero-order valence-electron chi connectivity index (χ0n) is 17.6. The van der Waals surface area contributed by atoms with Crippen LogP contribution in [0.5, 0.6) is 11.5 Å². The number of hydrogen-bond acceptors (Lipinski definition) is 9. The number of carbonyl (C=O) groups is 2. The molecular weight excluding hydrogens is 424 g/mol. The van der Waals surface area contributed by atoms with Crippen molar-refractivity contribution in [3.63, 3.8) is 0 Å². The second kappa shape index (κ2) is 9.56. The van der Waals surface area contributed by atoms with Crippen LogP contribution in [0.2, 0.25) is 0 Å². The Morgan fingerprint density at radius 1 is 1.16 bits per heavy atom. The second-order valence-electron chi connectivity index (χ2n) is 6.54. The summed E-state index contributed by atoms with van der Waals surface area (Å²) in [5.74, 6) is 0.173. The van der Waals surface area contributed by atoms with Crippen molar-refractivity contribution in [2.75, 3.05) is 26.6 Å². The molecule has 1 N–H and O–H groups in total. The topological polar surface area (TPSA) is 122 Å². The number of esters is 1. The van der Waals surface area contributed by atoms with Crippen molar-refractivity contribution >= 4 is 39.2 Å². The van der Waals surface area contributed by atoms with Gasteiger partial charge in [0.05, 0.1) is 44.3 Å². The normalized spacial score (nSPS) is 10.7. The quantitative estimate of drug-likeness (QED) is 0.524. The zero-order chi connectivity index (χ0) is 22.5. The van der Waals surface area contributed by atoms with Crippen LogP contribution < -0.4 is 20.3 Å². The van der Waals surface area contributed by atoms with E-state index >= 15 is 0 Å². The lowest BCUT2D eigenvalue weighted by Crippen LogP contribution is -2.22. The van der Waals surface area contributed by atoms with E-state index in [1.807, 2.05) is 0 Å². The number of nitrogens with zero attached hydrogens (tertiary/aromatic N) is 3. The summed E-state index contributed by atoms with van der Waals surface area (Å²) in [6, 6.07) is 3.24. The second-order valence-corrected chi connectivity index (χ2v) is 7.54. The molecule has 3 aromatic rings. The van der Waals surface area contributed by atoms with E-state index in [0.29, 0.717) is 51.1 Å². The van der Waals surface area contributed by atoms with Crippen LogP contribution in [-0.4, -0.2) is 47.7 Å². The van der Waals surface area contributed by atoms with Crippen LogP contribution in [-0.2, 0) is 16.1 Å². The lowest BCUT2D eigenvalue weighted by Gasteiger charge is -2.10. The molecule has 10 nitrogen and oxygen atoms in total. The van der Waals surface area contributed by atoms with Gasteiger partial charge in [-0.3, -0.25) is 14.2 Å². The monoisotopic (exact) mass is 446 g/mol. The average molecular weight is 446 g/mol. The number of hydrogen-bond donors (Lipinski definition) is 1. The molecule has 2 heterocycles. The van der Waals surface area contributed by atoms with E-state index in [1.165, 1.54) is 32.2 Å². The fourth-order valence-electron chi connectivity index (χ4n) is 2.97. The van der Waals surface area contributed by atoms with E-state index in [4.69, 9.17) is 9.47 Å². The molecule has 11 heteroatoms. The number of anilines is 1. The van der Waals surface area contributed by atoms with E-state index in [1.54, 1.807) is 19.1 Å². The van der Waals surface area contributed by atoms with Gasteiger partial charge in [0.15, 0.2) is 16.6 Å². The van der Waals surface area contributed by atoms with Gasteiger partial charge < -0.3 is 19.5 Å². The molecule has 0 saturated heterocycles. The SMILES string of the molecule is COC(=O)c1sc(NC(=O)CCCn2cnc3cc(OC)c(OC)cc3c2=O)nc1C. The number of carbonyl (C=O) groups excluding carboxylic acids is 2. The predicted octanol–water partition coefficient (Wildman–Crippen LogP) is 2.38.